The normalized spacial score (nSPS) is 29.9. The van der Waals surface area contributed by atoms with Crippen molar-refractivity contribution < 1.29 is 14.4 Å². The molecule has 4 rings (SSSR count). The highest BCUT2D eigenvalue weighted by atomic mass is 16.2. The van der Waals surface area contributed by atoms with Crippen LogP contribution in [0.2, 0.25) is 0 Å². The lowest BCUT2D eigenvalue weighted by atomic mass is 9.88. The van der Waals surface area contributed by atoms with E-state index >= 15 is 0 Å². The van der Waals surface area contributed by atoms with Gasteiger partial charge < -0.3 is 0 Å². The molecule has 0 radical (unpaired) electrons. The molecule has 0 aromatic heterocycles. The van der Waals surface area contributed by atoms with Crippen LogP contribution in [0.3, 0.4) is 0 Å². The second-order valence-electron chi connectivity index (χ2n) is 6.25. The van der Waals surface area contributed by atoms with Gasteiger partial charge in [-0.15, -0.1) is 0 Å². The van der Waals surface area contributed by atoms with E-state index in [9.17, 15) is 14.4 Å². The Balaban J connectivity index is 1.52. The third kappa shape index (κ3) is 1.80. The van der Waals surface area contributed by atoms with E-state index in [-0.39, 0.29) is 11.8 Å². The molecular formula is C16H16N2O3. The summed E-state index contributed by atoms with van der Waals surface area (Å²) in [5.74, 6) is -0.0397. The molecule has 3 atom stereocenters. The molecule has 0 unspecified atom stereocenters. The van der Waals surface area contributed by atoms with Gasteiger partial charge in [-0.05, 0) is 43.2 Å². The molecule has 1 N–H and O–H groups in total. The highest BCUT2D eigenvalue weighted by Crippen LogP contribution is 2.48. The van der Waals surface area contributed by atoms with Crippen molar-refractivity contribution in [3.8, 4) is 0 Å². The molecule has 2 saturated carbocycles. The number of carbonyl (C=O) groups is 3. The number of hydrogen-bond acceptors (Lipinski definition) is 3. The van der Waals surface area contributed by atoms with E-state index in [1.165, 1.54) is 6.42 Å². The summed E-state index contributed by atoms with van der Waals surface area (Å²) in [7, 11) is 0. The summed E-state index contributed by atoms with van der Waals surface area (Å²) < 4.78 is 0. The van der Waals surface area contributed by atoms with Crippen LogP contribution < -0.4 is 5.43 Å². The monoisotopic (exact) mass is 284 g/mol. The maximum atomic E-state index is 12.4. The first kappa shape index (κ1) is 12.6. The number of hydrogen-bond donors (Lipinski definition) is 1. The van der Waals surface area contributed by atoms with E-state index in [1.54, 1.807) is 24.3 Å². The Morgan fingerprint density at radius 3 is 2.24 bits per heavy atom. The number of imide groups is 1. The van der Waals surface area contributed by atoms with Gasteiger partial charge in [0.05, 0.1) is 11.1 Å². The summed E-state index contributed by atoms with van der Waals surface area (Å²) >= 11 is 0. The average molecular weight is 284 g/mol. The third-order valence-electron chi connectivity index (χ3n) is 5.09. The van der Waals surface area contributed by atoms with Crippen molar-refractivity contribution in [1.82, 2.24) is 10.4 Å². The van der Waals surface area contributed by atoms with Crippen LogP contribution in [0.1, 0.15) is 46.4 Å². The smallest absolute Gasteiger partial charge is 0.273 e. The highest BCUT2D eigenvalue weighted by molar-refractivity contribution is 6.21. The van der Waals surface area contributed by atoms with Crippen LogP contribution in [0.5, 0.6) is 0 Å². The fourth-order valence-corrected chi connectivity index (χ4v) is 4.05. The number of fused-ring (bicyclic) bond motifs is 3. The van der Waals surface area contributed by atoms with Crippen LogP contribution in [0.25, 0.3) is 0 Å². The van der Waals surface area contributed by atoms with E-state index in [0.717, 1.165) is 24.3 Å². The van der Waals surface area contributed by atoms with Crippen molar-refractivity contribution in [3.63, 3.8) is 0 Å². The van der Waals surface area contributed by atoms with Crippen molar-refractivity contribution in [2.45, 2.75) is 25.7 Å². The first-order valence-corrected chi connectivity index (χ1v) is 7.43. The maximum absolute atomic E-state index is 12.4. The predicted octanol–water partition coefficient (Wildman–Crippen LogP) is 1.75. The molecule has 2 fully saturated rings. The Morgan fingerprint density at radius 1 is 1.05 bits per heavy atom. The van der Waals surface area contributed by atoms with Crippen LogP contribution in [0, 0.1) is 17.8 Å². The minimum absolute atomic E-state index is 0.0481. The zero-order valence-electron chi connectivity index (χ0n) is 11.5. The maximum Gasteiger partial charge on any atom is 0.280 e. The summed E-state index contributed by atoms with van der Waals surface area (Å²) in [6.07, 6.45) is 4.30. The molecule has 1 aliphatic heterocycles. The molecule has 0 saturated heterocycles. The molecule has 2 aliphatic carbocycles. The zero-order valence-corrected chi connectivity index (χ0v) is 11.5. The van der Waals surface area contributed by atoms with Crippen molar-refractivity contribution in [3.05, 3.63) is 35.4 Å². The van der Waals surface area contributed by atoms with Gasteiger partial charge in [0.15, 0.2) is 0 Å². The predicted molar refractivity (Wildman–Crippen MR) is 74.0 cm³/mol. The Bertz CT molecular complexity index is 620. The Morgan fingerprint density at radius 2 is 1.71 bits per heavy atom. The molecule has 3 aliphatic rings. The second kappa shape index (κ2) is 4.41. The Kier molecular flexibility index (Phi) is 2.64. The molecule has 5 nitrogen and oxygen atoms in total. The SMILES string of the molecule is O=C(NN1C(=O)c2ccccc2C1=O)[C@@H]1C[C@H]2CC[C@H]1C2. The lowest BCUT2D eigenvalue weighted by Crippen LogP contribution is -2.48. The number of amides is 3. The number of benzene rings is 1. The van der Waals surface area contributed by atoms with E-state index < -0.39 is 11.8 Å². The van der Waals surface area contributed by atoms with Crippen LogP contribution >= 0.6 is 0 Å². The minimum atomic E-state index is -0.438. The van der Waals surface area contributed by atoms with Crippen LogP contribution in [0.15, 0.2) is 24.3 Å². The van der Waals surface area contributed by atoms with Crippen molar-refractivity contribution in [2.75, 3.05) is 0 Å². The first-order valence-electron chi connectivity index (χ1n) is 7.43. The molecule has 1 aromatic rings. The number of hydrazine groups is 1. The average Bonchev–Trinajstić information content (AvgIpc) is 3.18. The van der Waals surface area contributed by atoms with E-state index in [1.807, 2.05) is 0 Å². The third-order valence-corrected chi connectivity index (χ3v) is 5.09. The Labute approximate surface area is 122 Å². The largest absolute Gasteiger partial charge is 0.280 e. The Hall–Kier alpha value is -2.17. The molecule has 1 heterocycles. The topological polar surface area (TPSA) is 66.5 Å². The molecule has 0 spiro atoms. The van der Waals surface area contributed by atoms with Crippen molar-refractivity contribution in [1.29, 1.82) is 0 Å². The van der Waals surface area contributed by atoms with Crippen molar-refractivity contribution >= 4 is 17.7 Å². The van der Waals surface area contributed by atoms with Gasteiger partial charge in [-0.1, -0.05) is 18.6 Å². The van der Waals surface area contributed by atoms with Crippen LogP contribution in [0.4, 0.5) is 0 Å². The van der Waals surface area contributed by atoms with E-state index in [2.05, 4.69) is 5.43 Å². The second-order valence-corrected chi connectivity index (χ2v) is 6.25. The molecule has 2 bridgehead atoms. The van der Waals surface area contributed by atoms with Crippen molar-refractivity contribution in [2.24, 2.45) is 17.8 Å². The zero-order chi connectivity index (χ0) is 14.6. The highest BCUT2D eigenvalue weighted by Gasteiger charge is 2.45. The number of carbonyl (C=O) groups excluding carboxylic acids is 3. The lowest BCUT2D eigenvalue weighted by molar-refractivity contribution is -0.129. The number of nitrogens with zero attached hydrogens (tertiary/aromatic N) is 1. The molecule has 108 valence electrons. The van der Waals surface area contributed by atoms with Gasteiger partial charge in [-0.2, -0.15) is 5.01 Å². The molecule has 5 heteroatoms. The van der Waals surface area contributed by atoms with Crippen LogP contribution in [-0.4, -0.2) is 22.7 Å². The summed E-state index contributed by atoms with van der Waals surface area (Å²) in [6, 6.07) is 6.65. The fraction of sp³-hybridized carbons (Fsp3) is 0.438. The van der Waals surface area contributed by atoms with E-state index in [4.69, 9.17) is 0 Å². The van der Waals surface area contributed by atoms with Gasteiger partial charge >= 0.3 is 0 Å². The standard InChI is InChI=1S/C16H16N2O3/c19-14(13-8-9-5-6-10(13)7-9)17-18-15(20)11-3-1-2-4-12(11)16(18)21/h1-4,9-10,13H,5-8H2,(H,17,19)/t9-,10-,13+/m0/s1. The quantitative estimate of drug-likeness (QED) is 0.841. The lowest BCUT2D eigenvalue weighted by Gasteiger charge is -2.23. The summed E-state index contributed by atoms with van der Waals surface area (Å²) in [5.41, 5.74) is 3.26. The van der Waals surface area contributed by atoms with Gasteiger partial charge in [0.1, 0.15) is 0 Å². The molecule has 3 amide bonds. The molecule has 1 aromatic carbocycles. The fourth-order valence-electron chi connectivity index (χ4n) is 4.05. The van der Waals surface area contributed by atoms with Gasteiger partial charge in [0, 0.05) is 5.92 Å². The van der Waals surface area contributed by atoms with E-state index in [0.29, 0.717) is 23.0 Å². The molecular weight excluding hydrogens is 268 g/mol. The van der Waals surface area contributed by atoms with Gasteiger partial charge in [-0.3, -0.25) is 19.8 Å². The number of rotatable bonds is 2. The minimum Gasteiger partial charge on any atom is -0.273 e. The summed E-state index contributed by atoms with van der Waals surface area (Å²) in [6.45, 7) is 0. The number of nitrogens with one attached hydrogen (secondary N) is 1. The van der Waals surface area contributed by atoms with Gasteiger partial charge in [0.25, 0.3) is 11.8 Å². The first-order chi connectivity index (χ1) is 10.1. The van der Waals surface area contributed by atoms with Gasteiger partial charge in [-0.25, -0.2) is 0 Å². The van der Waals surface area contributed by atoms with Crippen LogP contribution in [-0.2, 0) is 4.79 Å². The summed E-state index contributed by atoms with van der Waals surface area (Å²) in [4.78, 5) is 36.8. The summed E-state index contributed by atoms with van der Waals surface area (Å²) in [5, 5.41) is 0.874. The molecule has 21 heavy (non-hydrogen) atoms. The van der Waals surface area contributed by atoms with Gasteiger partial charge in [0.2, 0.25) is 5.91 Å².